The van der Waals surface area contributed by atoms with Crippen molar-refractivity contribution in [3.05, 3.63) is 0 Å². The summed E-state index contributed by atoms with van der Waals surface area (Å²) in [5, 5.41) is 8.68. The summed E-state index contributed by atoms with van der Waals surface area (Å²) < 4.78 is 0. The second-order valence-electron chi connectivity index (χ2n) is 4.80. The summed E-state index contributed by atoms with van der Waals surface area (Å²) in [4.78, 5) is 27.1. The molecule has 0 radical (unpaired) electrons. The Morgan fingerprint density at radius 3 is 2.74 bits per heavy atom. The van der Waals surface area contributed by atoms with E-state index in [0.29, 0.717) is 17.6 Å². The molecule has 1 fully saturated rings. The third kappa shape index (κ3) is 5.10. The Labute approximate surface area is 117 Å². The standard InChI is InChI=1S/C12H20N4O2S/c17-10(16-12-13-5-6-19-12)8-15-11(18)14-7-9-3-1-2-4-9/h9H,1-8H2,(H,13,16,17)(H2,14,15,18). The minimum absolute atomic E-state index is 0.0178. The number of carbonyl (C=O) groups excluding carboxylic acids is 2. The Hall–Kier alpha value is -1.24. The van der Waals surface area contributed by atoms with Crippen LogP contribution in [0.3, 0.4) is 0 Å². The first kappa shape index (κ1) is 14.2. The minimum atomic E-state index is -0.275. The van der Waals surface area contributed by atoms with Gasteiger partial charge in [-0.05, 0) is 18.8 Å². The van der Waals surface area contributed by atoms with Gasteiger partial charge in [-0.3, -0.25) is 9.79 Å². The fourth-order valence-electron chi connectivity index (χ4n) is 2.25. The smallest absolute Gasteiger partial charge is 0.315 e. The van der Waals surface area contributed by atoms with Crippen LogP contribution in [0.5, 0.6) is 0 Å². The molecule has 0 aromatic heterocycles. The van der Waals surface area contributed by atoms with Crippen molar-refractivity contribution in [2.24, 2.45) is 10.9 Å². The van der Waals surface area contributed by atoms with Gasteiger partial charge in [0.1, 0.15) is 0 Å². The Kier molecular flexibility index (Phi) is 5.50. The van der Waals surface area contributed by atoms with Gasteiger partial charge in [0.2, 0.25) is 5.91 Å². The van der Waals surface area contributed by atoms with Crippen LogP contribution in [0.15, 0.2) is 4.99 Å². The quantitative estimate of drug-likeness (QED) is 0.710. The number of amides is 3. The molecule has 2 rings (SSSR count). The second-order valence-corrected chi connectivity index (χ2v) is 5.88. The molecule has 19 heavy (non-hydrogen) atoms. The van der Waals surface area contributed by atoms with E-state index >= 15 is 0 Å². The molecular formula is C12H20N4O2S. The topological polar surface area (TPSA) is 82.6 Å². The number of carbonyl (C=O) groups is 2. The maximum absolute atomic E-state index is 11.5. The summed E-state index contributed by atoms with van der Waals surface area (Å²) in [6, 6.07) is -0.275. The number of hydrogen-bond acceptors (Lipinski definition) is 4. The Morgan fingerprint density at radius 2 is 2.05 bits per heavy atom. The lowest BCUT2D eigenvalue weighted by Crippen LogP contribution is -2.43. The summed E-state index contributed by atoms with van der Waals surface area (Å²) in [6.45, 7) is 1.43. The molecule has 0 spiro atoms. The Morgan fingerprint density at radius 1 is 1.26 bits per heavy atom. The van der Waals surface area contributed by atoms with Crippen LogP contribution in [-0.2, 0) is 4.79 Å². The van der Waals surface area contributed by atoms with Crippen molar-refractivity contribution >= 4 is 28.9 Å². The van der Waals surface area contributed by atoms with Gasteiger partial charge < -0.3 is 16.0 Å². The molecule has 0 bridgehead atoms. The molecule has 3 amide bonds. The molecule has 3 N–H and O–H groups in total. The molecule has 6 nitrogen and oxygen atoms in total. The first-order valence-electron chi connectivity index (χ1n) is 6.73. The van der Waals surface area contributed by atoms with E-state index in [2.05, 4.69) is 20.9 Å². The van der Waals surface area contributed by atoms with E-state index in [0.717, 1.165) is 12.3 Å². The van der Waals surface area contributed by atoms with Crippen molar-refractivity contribution in [1.29, 1.82) is 0 Å². The van der Waals surface area contributed by atoms with Crippen LogP contribution >= 0.6 is 11.8 Å². The highest BCUT2D eigenvalue weighted by Crippen LogP contribution is 2.23. The zero-order chi connectivity index (χ0) is 13.5. The molecule has 7 heteroatoms. The molecular weight excluding hydrogens is 264 g/mol. The van der Waals surface area contributed by atoms with Gasteiger partial charge in [0.05, 0.1) is 13.1 Å². The number of thioether (sulfide) groups is 1. The van der Waals surface area contributed by atoms with Gasteiger partial charge in [-0.1, -0.05) is 24.6 Å². The van der Waals surface area contributed by atoms with Gasteiger partial charge in [0.25, 0.3) is 0 Å². The molecule has 1 heterocycles. The molecule has 0 saturated heterocycles. The van der Waals surface area contributed by atoms with Gasteiger partial charge in [-0.25, -0.2) is 4.79 Å². The Balaban J connectivity index is 1.56. The van der Waals surface area contributed by atoms with Crippen LogP contribution in [-0.4, -0.2) is 42.5 Å². The summed E-state index contributed by atoms with van der Waals surface area (Å²) in [6.07, 6.45) is 4.90. The van der Waals surface area contributed by atoms with Crippen LogP contribution in [0.2, 0.25) is 0 Å². The van der Waals surface area contributed by atoms with Gasteiger partial charge in [-0.15, -0.1) is 0 Å². The lowest BCUT2D eigenvalue weighted by atomic mass is 10.1. The van der Waals surface area contributed by atoms with Gasteiger partial charge in [-0.2, -0.15) is 0 Å². The zero-order valence-corrected chi connectivity index (χ0v) is 11.7. The third-order valence-corrected chi connectivity index (χ3v) is 4.16. The Bertz CT molecular complexity index is 367. The molecule has 0 aromatic rings. The van der Waals surface area contributed by atoms with Crippen LogP contribution in [0, 0.1) is 5.92 Å². The zero-order valence-electron chi connectivity index (χ0n) is 10.9. The minimum Gasteiger partial charge on any atom is -0.338 e. The molecule has 1 aliphatic carbocycles. The highest BCUT2D eigenvalue weighted by Gasteiger charge is 2.16. The van der Waals surface area contributed by atoms with Crippen molar-refractivity contribution < 1.29 is 9.59 Å². The van der Waals surface area contributed by atoms with Crippen LogP contribution < -0.4 is 16.0 Å². The molecule has 0 aromatic carbocycles. The predicted molar refractivity (Wildman–Crippen MR) is 76.3 cm³/mol. The highest BCUT2D eigenvalue weighted by molar-refractivity contribution is 8.14. The maximum atomic E-state index is 11.5. The third-order valence-electron chi connectivity index (χ3n) is 3.27. The summed E-state index contributed by atoms with van der Waals surface area (Å²) in [5.41, 5.74) is 0. The molecule has 106 valence electrons. The van der Waals surface area contributed by atoms with E-state index in [9.17, 15) is 9.59 Å². The average Bonchev–Trinajstić information content (AvgIpc) is 3.06. The lowest BCUT2D eigenvalue weighted by Gasteiger charge is -2.11. The number of hydrogen-bond donors (Lipinski definition) is 3. The van der Waals surface area contributed by atoms with E-state index in [-0.39, 0.29) is 18.5 Å². The summed E-state index contributed by atoms with van der Waals surface area (Å²) >= 11 is 1.52. The molecule has 1 saturated carbocycles. The number of rotatable bonds is 4. The number of nitrogens with one attached hydrogen (secondary N) is 3. The first-order chi connectivity index (χ1) is 9.24. The number of nitrogens with zero attached hydrogens (tertiary/aromatic N) is 1. The van der Waals surface area contributed by atoms with E-state index in [1.165, 1.54) is 37.4 Å². The van der Waals surface area contributed by atoms with Crippen LogP contribution in [0.1, 0.15) is 25.7 Å². The molecule has 1 aliphatic heterocycles. The van der Waals surface area contributed by atoms with Crippen molar-refractivity contribution in [1.82, 2.24) is 16.0 Å². The van der Waals surface area contributed by atoms with Crippen molar-refractivity contribution in [2.75, 3.05) is 25.4 Å². The van der Waals surface area contributed by atoms with E-state index in [4.69, 9.17) is 0 Å². The van der Waals surface area contributed by atoms with Crippen molar-refractivity contribution in [3.63, 3.8) is 0 Å². The molecule has 2 aliphatic rings. The second kappa shape index (κ2) is 7.37. The molecule has 0 unspecified atom stereocenters. The predicted octanol–water partition coefficient (Wildman–Crippen LogP) is 0.695. The van der Waals surface area contributed by atoms with E-state index in [1.807, 2.05) is 0 Å². The number of aliphatic imine (C=N–C) groups is 1. The number of amidine groups is 1. The van der Waals surface area contributed by atoms with Crippen LogP contribution in [0.4, 0.5) is 4.79 Å². The first-order valence-corrected chi connectivity index (χ1v) is 7.71. The highest BCUT2D eigenvalue weighted by atomic mass is 32.2. The largest absolute Gasteiger partial charge is 0.338 e. The lowest BCUT2D eigenvalue weighted by molar-refractivity contribution is -0.118. The fourth-order valence-corrected chi connectivity index (χ4v) is 2.99. The maximum Gasteiger partial charge on any atom is 0.315 e. The monoisotopic (exact) mass is 284 g/mol. The van der Waals surface area contributed by atoms with Crippen molar-refractivity contribution in [3.8, 4) is 0 Å². The van der Waals surface area contributed by atoms with Gasteiger partial charge in [0, 0.05) is 12.3 Å². The SMILES string of the molecule is O=C(CNC(=O)NCC1CCCC1)NC1=NCCS1. The van der Waals surface area contributed by atoms with E-state index in [1.54, 1.807) is 0 Å². The molecule has 0 atom stereocenters. The van der Waals surface area contributed by atoms with Gasteiger partial charge in [0.15, 0.2) is 5.17 Å². The van der Waals surface area contributed by atoms with Crippen molar-refractivity contribution in [2.45, 2.75) is 25.7 Å². The fraction of sp³-hybridized carbons (Fsp3) is 0.750. The summed E-state index contributed by atoms with van der Waals surface area (Å²) in [7, 11) is 0. The summed E-state index contributed by atoms with van der Waals surface area (Å²) in [5.74, 6) is 1.28. The number of urea groups is 1. The van der Waals surface area contributed by atoms with Crippen LogP contribution in [0.25, 0.3) is 0 Å². The normalized spacial score (nSPS) is 19.1. The van der Waals surface area contributed by atoms with E-state index < -0.39 is 0 Å². The van der Waals surface area contributed by atoms with Gasteiger partial charge >= 0.3 is 6.03 Å². The average molecular weight is 284 g/mol.